The summed E-state index contributed by atoms with van der Waals surface area (Å²) in [6.45, 7) is 7.81. The van der Waals surface area contributed by atoms with Gasteiger partial charge in [0.15, 0.2) is 0 Å². The lowest BCUT2D eigenvalue weighted by Crippen LogP contribution is -2.44. The van der Waals surface area contributed by atoms with Crippen molar-refractivity contribution in [3.05, 3.63) is 33.7 Å². The molecule has 0 fully saturated rings. The summed E-state index contributed by atoms with van der Waals surface area (Å²) >= 11 is 0. The molecular formula is C13H20N2O2. The van der Waals surface area contributed by atoms with Crippen LogP contribution >= 0.6 is 0 Å². The summed E-state index contributed by atoms with van der Waals surface area (Å²) < 4.78 is 0. The fourth-order valence-corrected chi connectivity index (χ4v) is 1.51. The Hall–Kier alpha value is -1.58. The summed E-state index contributed by atoms with van der Waals surface area (Å²) in [5, 5.41) is 0. The Bertz CT molecular complexity index is 475. The maximum absolute atomic E-state index is 12.2. The third-order valence-corrected chi connectivity index (χ3v) is 3.30. The molecule has 0 atom stereocenters. The van der Waals surface area contributed by atoms with E-state index in [9.17, 15) is 9.59 Å². The molecule has 17 heavy (non-hydrogen) atoms. The van der Waals surface area contributed by atoms with Crippen molar-refractivity contribution in [3.63, 3.8) is 0 Å². The zero-order valence-corrected chi connectivity index (χ0v) is 11.1. The lowest BCUT2D eigenvalue weighted by atomic mass is 9.99. The van der Waals surface area contributed by atoms with Crippen LogP contribution in [0.25, 0.3) is 0 Å². The summed E-state index contributed by atoms with van der Waals surface area (Å²) in [6.07, 6.45) is 0.859. The smallest absolute Gasteiger partial charge is 0.254 e. The van der Waals surface area contributed by atoms with Crippen LogP contribution < -0.4 is 5.56 Å². The van der Waals surface area contributed by atoms with Crippen LogP contribution in [0.15, 0.2) is 16.9 Å². The molecule has 1 N–H and O–H groups in total. The Morgan fingerprint density at radius 2 is 2.00 bits per heavy atom. The first kappa shape index (κ1) is 13.5. The second-order valence-corrected chi connectivity index (χ2v) is 4.95. The third kappa shape index (κ3) is 2.96. The number of carbonyl (C=O) groups excluding carboxylic acids is 1. The fourth-order valence-electron chi connectivity index (χ4n) is 1.51. The fraction of sp³-hybridized carbons (Fsp3) is 0.538. The minimum absolute atomic E-state index is 0.119. The first-order valence-corrected chi connectivity index (χ1v) is 5.77. The highest BCUT2D eigenvalue weighted by molar-refractivity contribution is 5.94. The largest absolute Gasteiger partial charge is 0.337 e. The first-order valence-electron chi connectivity index (χ1n) is 5.77. The van der Waals surface area contributed by atoms with Crippen molar-refractivity contribution >= 4 is 5.91 Å². The quantitative estimate of drug-likeness (QED) is 0.872. The molecule has 1 aromatic heterocycles. The van der Waals surface area contributed by atoms with Gasteiger partial charge in [0.2, 0.25) is 5.56 Å². The topological polar surface area (TPSA) is 53.2 Å². The van der Waals surface area contributed by atoms with Crippen LogP contribution in [0.3, 0.4) is 0 Å². The van der Waals surface area contributed by atoms with Crippen molar-refractivity contribution in [2.75, 3.05) is 7.05 Å². The van der Waals surface area contributed by atoms with Gasteiger partial charge in [0.05, 0.1) is 0 Å². The van der Waals surface area contributed by atoms with Crippen LogP contribution in [0.2, 0.25) is 0 Å². The molecule has 1 aromatic rings. The van der Waals surface area contributed by atoms with Gasteiger partial charge in [-0.2, -0.15) is 0 Å². The second kappa shape index (κ2) is 4.73. The number of aryl methyl sites for hydroxylation is 1. The Morgan fingerprint density at radius 1 is 1.41 bits per heavy atom. The van der Waals surface area contributed by atoms with Crippen molar-refractivity contribution < 1.29 is 4.79 Å². The number of H-pyrrole nitrogens is 1. The Kier molecular flexibility index (Phi) is 3.76. The lowest BCUT2D eigenvalue weighted by molar-refractivity contribution is 0.0620. The van der Waals surface area contributed by atoms with E-state index in [0.717, 1.165) is 6.42 Å². The van der Waals surface area contributed by atoms with Gasteiger partial charge < -0.3 is 9.88 Å². The van der Waals surface area contributed by atoms with Gasteiger partial charge in [0.25, 0.3) is 5.91 Å². The number of amides is 1. The van der Waals surface area contributed by atoms with Gasteiger partial charge in [0.1, 0.15) is 0 Å². The van der Waals surface area contributed by atoms with Crippen LogP contribution in [0.4, 0.5) is 0 Å². The molecule has 0 saturated carbocycles. The summed E-state index contributed by atoms with van der Waals surface area (Å²) in [5.74, 6) is -0.119. The highest BCUT2D eigenvalue weighted by atomic mass is 16.2. The van der Waals surface area contributed by atoms with E-state index in [4.69, 9.17) is 0 Å². The number of aromatic nitrogens is 1. The number of nitrogens with one attached hydrogen (secondary N) is 1. The SMILES string of the molecule is CCC(C)(C)N(C)C(=O)c1cc(C)[nH]c(=O)c1. The van der Waals surface area contributed by atoms with Crippen LogP contribution in [-0.4, -0.2) is 28.4 Å². The summed E-state index contributed by atoms with van der Waals surface area (Å²) in [6, 6.07) is 3.05. The van der Waals surface area contributed by atoms with Crippen molar-refractivity contribution in [2.45, 2.75) is 39.7 Å². The van der Waals surface area contributed by atoms with Gasteiger partial charge in [-0.25, -0.2) is 0 Å². The van der Waals surface area contributed by atoms with E-state index in [2.05, 4.69) is 4.98 Å². The van der Waals surface area contributed by atoms with Gasteiger partial charge in [-0.05, 0) is 33.3 Å². The van der Waals surface area contributed by atoms with Crippen LogP contribution in [0.5, 0.6) is 0 Å². The predicted octanol–water partition coefficient (Wildman–Crippen LogP) is 1.94. The molecule has 0 aliphatic carbocycles. The van der Waals surface area contributed by atoms with Crippen molar-refractivity contribution in [3.8, 4) is 0 Å². The molecule has 0 spiro atoms. The number of carbonyl (C=O) groups is 1. The normalized spacial score (nSPS) is 11.4. The molecule has 1 heterocycles. The number of hydrogen-bond acceptors (Lipinski definition) is 2. The molecule has 94 valence electrons. The minimum atomic E-state index is -0.240. The first-order chi connectivity index (χ1) is 7.77. The van der Waals surface area contributed by atoms with Crippen molar-refractivity contribution in [1.82, 2.24) is 9.88 Å². The van der Waals surface area contributed by atoms with Gasteiger partial charge >= 0.3 is 0 Å². The van der Waals surface area contributed by atoms with E-state index in [-0.39, 0.29) is 17.0 Å². The summed E-state index contributed by atoms with van der Waals surface area (Å²) in [5.41, 5.74) is 0.683. The molecule has 0 bridgehead atoms. The average molecular weight is 236 g/mol. The second-order valence-electron chi connectivity index (χ2n) is 4.95. The molecule has 4 nitrogen and oxygen atoms in total. The monoisotopic (exact) mass is 236 g/mol. The number of rotatable bonds is 3. The zero-order chi connectivity index (χ0) is 13.2. The number of aromatic amines is 1. The molecule has 0 aliphatic rings. The third-order valence-electron chi connectivity index (χ3n) is 3.30. The van der Waals surface area contributed by atoms with E-state index >= 15 is 0 Å². The molecule has 0 aliphatic heterocycles. The molecular weight excluding hydrogens is 216 g/mol. The molecule has 1 amide bonds. The molecule has 1 rings (SSSR count). The minimum Gasteiger partial charge on any atom is -0.337 e. The maximum atomic E-state index is 12.2. The number of pyridine rings is 1. The lowest BCUT2D eigenvalue weighted by Gasteiger charge is -2.34. The van der Waals surface area contributed by atoms with E-state index < -0.39 is 0 Å². The van der Waals surface area contributed by atoms with Crippen LogP contribution in [-0.2, 0) is 0 Å². The average Bonchev–Trinajstić information content (AvgIpc) is 2.25. The number of hydrogen-bond donors (Lipinski definition) is 1. The Balaban J connectivity index is 3.09. The van der Waals surface area contributed by atoms with Crippen LogP contribution in [0.1, 0.15) is 43.2 Å². The standard InChI is InChI=1S/C13H20N2O2/c1-6-13(3,4)15(5)12(17)10-7-9(2)14-11(16)8-10/h7-8H,6H2,1-5H3,(H,14,16). The number of nitrogens with zero attached hydrogens (tertiary/aromatic N) is 1. The predicted molar refractivity (Wildman–Crippen MR) is 68.3 cm³/mol. The van der Waals surface area contributed by atoms with E-state index in [1.165, 1.54) is 6.07 Å². The van der Waals surface area contributed by atoms with Gasteiger partial charge in [-0.1, -0.05) is 6.92 Å². The van der Waals surface area contributed by atoms with Crippen molar-refractivity contribution in [2.24, 2.45) is 0 Å². The van der Waals surface area contributed by atoms with Gasteiger partial charge in [0, 0.05) is 29.9 Å². The highest BCUT2D eigenvalue weighted by Gasteiger charge is 2.26. The van der Waals surface area contributed by atoms with E-state index in [0.29, 0.717) is 11.3 Å². The Morgan fingerprint density at radius 3 is 2.47 bits per heavy atom. The molecule has 0 saturated heterocycles. The van der Waals surface area contributed by atoms with E-state index in [1.54, 1.807) is 24.9 Å². The zero-order valence-electron chi connectivity index (χ0n) is 11.1. The summed E-state index contributed by atoms with van der Waals surface area (Å²) in [4.78, 5) is 27.9. The molecule has 0 radical (unpaired) electrons. The molecule has 4 heteroatoms. The van der Waals surface area contributed by atoms with Gasteiger partial charge in [-0.3, -0.25) is 9.59 Å². The molecule has 0 aromatic carbocycles. The Labute approximate surface area is 102 Å². The maximum Gasteiger partial charge on any atom is 0.254 e. The highest BCUT2D eigenvalue weighted by Crippen LogP contribution is 2.18. The van der Waals surface area contributed by atoms with Crippen LogP contribution in [0, 0.1) is 6.92 Å². The summed E-state index contributed by atoms with van der Waals surface area (Å²) in [7, 11) is 1.77. The van der Waals surface area contributed by atoms with Gasteiger partial charge in [-0.15, -0.1) is 0 Å². The van der Waals surface area contributed by atoms with Crippen molar-refractivity contribution in [1.29, 1.82) is 0 Å². The van der Waals surface area contributed by atoms with E-state index in [1.807, 2.05) is 20.8 Å². The molecule has 0 unspecified atom stereocenters.